The molecule has 0 N–H and O–H groups in total. The molecule has 1 aliphatic rings. The Morgan fingerprint density at radius 3 is 2.88 bits per heavy atom. The molecule has 142 valence electrons. The van der Waals surface area contributed by atoms with E-state index in [1.54, 1.807) is 7.11 Å². The molecule has 0 bridgehead atoms. The van der Waals surface area contributed by atoms with Crippen LogP contribution in [0.1, 0.15) is 50.4 Å². The first-order chi connectivity index (χ1) is 12.2. The molecule has 7 heteroatoms. The Labute approximate surface area is 150 Å². The molecule has 1 unspecified atom stereocenters. The van der Waals surface area contributed by atoms with E-state index in [9.17, 15) is 4.79 Å². The smallest absolute Gasteiger partial charge is 0.134 e. The Balaban J connectivity index is 1.69. The van der Waals surface area contributed by atoms with Gasteiger partial charge in [0.2, 0.25) is 0 Å². The van der Waals surface area contributed by atoms with Crippen LogP contribution in [-0.2, 0) is 38.4 Å². The minimum absolute atomic E-state index is 0.246. The molecule has 0 amide bonds. The number of ether oxygens (including phenoxy) is 3. The molecule has 1 atom stereocenters. The Morgan fingerprint density at radius 2 is 2.08 bits per heavy atom. The van der Waals surface area contributed by atoms with Gasteiger partial charge < -0.3 is 14.2 Å². The second kappa shape index (κ2) is 11.3. The predicted octanol–water partition coefficient (Wildman–Crippen LogP) is 1.96. The number of aryl methyl sites for hydroxylation is 1. The second-order valence-electron chi connectivity index (χ2n) is 6.38. The molecule has 0 saturated heterocycles. The highest BCUT2D eigenvalue weighted by atomic mass is 16.5. The molecule has 1 heterocycles. The van der Waals surface area contributed by atoms with Crippen LogP contribution in [0, 0.1) is 0 Å². The molecule has 2 rings (SSSR count). The SMILES string of the molecule is CCC(=O)CCOCCOC1CCCc2nnn(CCOC)c2CC1. The number of hydrogen-bond donors (Lipinski definition) is 0. The molecule has 0 fully saturated rings. The lowest BCUT2D eigenvalue weighted by atomic mass is 9.99. The Morgan fingerprint density at radius 1 is 1.20 bits per heavy atom. The third-order valence-electron chi connectivity index (χ3n) is 4.57. The summed E-state index contributed by atoms with van der Waals surface area (Å²) in [5, 5.41) is 8.58. The standard InChI is InChI=1S/C18H31N3O4/c1-3-15(22)9-11-24-13-14-25-16-5-4-6-17-18(8-7-16)21(20-19-17)10-12-23-2/h16H,3-14H2,1-2H3. The normalized spacial score (nSPS) is 17.8. The van der Waals surface area contributed by atoms with Crippen LogP contribution < -0.4 is 0 Å². The summed E-state index contributed by atoms with van der Waals surface area (Å²) in [6, 6.07) is 0. The number of rotatable bonds is 11. The number of ketones is 1. The van der Waals surface area contributed by atoms with E-state index in [4.69, 9.17) is 14.2 Å². The topological polar surface area (TPSA) is 75.5 Å². The van der Waals surface area contributed by atoms with Gasteiger partial charge in [0.05, 0.1) is 50.5 Å². The Kier molecular flexibility index (Phi) is 9.07. The summed E-state index contributed by atoms with van der Waals surface area (Å²) in [5.41, 5.74) is 2.35. The molecular weight excluding hydrogens is 322 g/mol. The van der Waals surface area contributed by atoms with Gasteiger partial charge in [0.25, 0.3) is 0 Å². The summed E-state index contributed by atoms with van der Waals surface area (Å²) in [7, 11) is 1.70. The number of Topliss-reactive ketones (excluding diaryl/α,β-unsaturated/α-hetero) is 1. The lowest BCUT2D eigenvalue weighted by Gasteiger charge is -2.20. The lowest BCUT2D eigenvalue weighted by Crippen LogP contribution is -2.21. The maximum absolute atomic E-state index is 11.2. The number of nitrogens with zero attached hydrogens (tertiary/aromatic N) is 3. The van der Waals surface area contributed by atoms with Crippen molar-refractivity contribution < 1.29 is 19.0 Å². The highest BCUT2D eigenvalue weighted by Crippen LogP contribution is 2.20. The monoisotopic (exact) mass is 353 g/mol. The average molecular weight is 353 g/mol. The number of carbonyl (C=O) groups is 1. The predicted molar refractivity (Wildman–Crippen MR) is 93.6 cm³/mol. The highest BCUT2D eigenvalue weighted by molar-refractivity contribution is 5.78. The number of hydrogen-bond acceptors (Lipinski definition) is 6. The van der Waals surface area contributed by atoms with Crippen molar-refractivity contribution in [2.45, 2.75) is 64.5 Å². The summed E-state index contributed by atoms with van der Waals surface area (Å²) in [5.74, 6) is 0.246. The minimum Gasteiger partial charge on any atom is -0.383 e. The largest absolute Gasteiger partial charge is 0.383 e. The van der Waals surface area contributed by atoms with Crippen molar-refractivity contribution in [3.63, 3.8) is 0 Å². The molecule has 0 aliphatic heterocycles. The van der Waals surface area contributed by atoms with E-state index >= 15 is 0 Å². The third-order valence-corrected chi connectivity index (χ3v) is 4.57. The number of carbonyl (C=O) groups excluding carboxylic acids is 1. The van der Waals surface area contributed by atoms with E-state index in [-0.39, 0.29) is 11.9 Å². The van der Waals surface area contributed by atoms with Gasteiger partial charge in [0, 0.05) is 20.0 Å². The van der Waals surface area contributed by atoms with E-state index in [0.717, 1.165) is 44.3 Å². The number of methoxy groups -OCH3 is 1. The van der Waals surface area contributed by atoms with Gasteiger partial charge in [-0.15, -0.1) is 5.10 Å². The second-order valence-corrected chi connectivity index (χ2v) is 6.38. The molecule has 1 aromatic rings. The Bertz CT molecular complexity index is 518. The lowest BCUT2D eigenvalue weighted by molar-refractivity contribution is -0.120. The average Bonchev–Trinajstić information content (AvgIpc) is 2.98. The van der Waals surface area contributed by atoms with Crippen LogP contribution in [0.25, 0.3) is 0 Å². The maximum atomic E-state index is 11.2. The van der Waals surface area contributed by atoms with Crippen LogP contribution in [-0.4, -0.2) is 60.4 Å². The molecule has 25 heavy (non-hydrogen) atoms. The van der Waals surface area contributed by atoms with Crippen molar-refractivity contribution in [1.29, 1.82) is 0 Å². The van der Waals surface area contributed by atoms with Crippen LogP contribution >= 0.6 is 0 Å². The molecular formula is C18H31N3O4. The van der Waals surface area contributed by atoms with Gasteiger partial charge in [0.1, 0.15) is 5.78 Å². The molecule has 0 saturated carbocycles. The quantitative estimate of drug-likeness (QED) is 0.566. The van der Waals surface area contributed by atoms with E-state index in [0.29, 0.717) is 39.3 Å². The van der Waals surface area contributed by atoms with Crippen LogP contribution in [0.15, 0.2) is 0 Å². The van der Waals surface area contributed by atoms with Crippen molar-refractivity contribution in [2.24, 2.45) is 0 Å². The van der Waals surface area contributed by atoms with Gasteiger partial charge >= 0.3 is 0 Å². The van der Waals surface area contributed by atoms with Crippen molar-refractivity contribution in [3.8, 4) is 0 Å². The van der Waals surface area contributed by atoms with Crippen LogP contribution in [0.4, 0.5) is 0 Å². The van der Waals surface area contributed by atoms with E-state index < -0.39 is 0 Å². The van der Waals surface area contributed by atoms with Gasteiger partial charge in [-0.2, -0.15) is 0 Å². The number of fused-ring (bicyclic) bond motifs is 1. The van der Waals surface area contributed by atoms with Crippen LogP contribution in [0.5, 0.6) is 0 Å². The van der Waals surface area contributed by atoms with Gasteiger partial charge in [-0.1, -0.05) is 12.1 Å². The Hall–Kier alpha value is -1.31. The molecule has 1 aliphatic carbocycles. The zero-order chi connectivity index (χ0) is 17.9. The van der Waals surface area contributed by atoms with Crippen molar-refractivity contribution in [1.82, 2.24) is 15.0 Å². The van der Waals surface area contributed by atoms with Crippen molar-refractivity contribution >= 4 is 5.78 Å². The van der Waals surface area contributed by atoms with Crippen LogP contribution in [0.2, 0.25) is 0 Å². The summed E-state index contributed by atoms with van der Waals surface area (Å²) in [4.78, 5) is 11.2. The minimum atomic E-state index is 0.246. The zero-order valence-corrected chi connectivity index (χ0v) is 15.5. The highest BCUT2D eigenvalue weighted by Gasteiger charge is 2.19. The summed E-state index contributed by atoms with van der Waals surface area (Å²) < 4.78 is 18.6. The summed E-state index contributed by atoms with van der Waals surface area (Å²) in [6.45, 7) is 4.89. The van der Waals surface area contributed by atoms with Gasteiger partial charge in [-0.25, -0.2) is 4.68 Å². The van der Waals surface area contributed by atoms with Gasteiger partial charge in [-0.05, 0) is 32.1 Å². The first kappa shape index (κ1) is 20.0. The fourth-order valence-electron chi connectivity index (χ4n) is 3.04. The summed E-state index contributed by atoms with van der Waals surface area (Å²) >= 11 is 0. The molecule has 0 spiro atoms. The molecule has 1 aromatic heterocycles. The molecule has 0 radical (unpaired) electrons. The van der Waals surface area contributed by atoms with Gasteiger partial charge in [0.15, 0.2) is 0 Å². The first-order valence-corrected chi connectivity index (χ1v) is 9.35. The molecule has 7 nitrogen and oxygen atoms in total. The zero-order valence-electron chi connectivity index (χ0n) is 15.5. The van der Waals surface area contributed by atoms with Crippen LogP contribution in [0.3, 0.4) is 0 Å². The van der Waals surface area contributed by atoms with Crippen molar-refractivity contribution in [2.75, 3.05) is 33.5 Å². The first-order valence-electron chi connectivity index (χ1n) is 9.35. The third kappa shape index (κ3) is 6.84. The fraction of sp³-hybridized carbons (Fsp3) is 0.833. The molecule has 0 aromatic carbocycles. The van der Waals surface area contributed by atoms with E-state index in [2.05, 4.69) is 10.3 Å². The summed E-state index contributed by atoms with van der Waals surface area (Å²) in [6.07, 6.45) is 6.30. The number of aromatic nitrogens is 3. The van der Waals surface area contributed by atoms with Crippen molar-refractivity contribution in [3.05, 3.63) is 11.4 Å². The van der Waals surface area contributed by atoms with E-state index in [1.165, 1.54) is 5.69 Å². The fourth-order valence-corrected chi connectivity index (χ4v) is 3.04. The van der Waals surface area contributed by atoms with Gasteiger partial charge in [-0.3, -0.25) is 4.79 Å². The van der Waals surface area contributed by atoms with E-state index in [1.807, 2.05) is 11.6 Å². The maximum Gasteiger partial charge on any atom is 0.134 e.